The number of carbonyl (C=O) groups excluding carboxylic acids is 2. The molecule has 3 rings (SSSR count). The Bertz CT molecular complexity index is 807. The fourth-order valence-electron chi connectivity index (χ4n) is 3.38. The molecule has 1 saturated heterocycles. The predicted octanol–water partition coefficient (Wildman–Crippen LogP) is 2.69. The number of carbonyl (C=O) groups is 2. The van der Waals surface area contributed by atoms with Gasteiger partial charge in [-0.25, -0.2) is 4.39 Å². The van der Waals surface area contributed by atoms with Crippen molar-refractivity contribution < 1.29 is 14.0 Å². The van der Waals surface area contributed by atoms with Crippen LogP contribution in [0.2, 0.25) is 0 Å². The molecule has 2 amide bonds. The largest absolute Gasteiger partial charge is 0.362 e. The molecule has 26 heavy (non-hydrogen) atoms. The van der Waals surface area contributed by atoms with Crippen molar-refractivity contribution in [1.82, 2.24) is 14.8 Å². The van der Waals surface area contributed by atoms with Crippen LogP contribution in [0.3, 0.4) is 0 Å². The van der Waals surface area contributed by atoms with Gasteiger partial charge in [-0.15, -0.1) is 0 Å². The second-order valence-electron chi connectivity index (χ2n) is 6.79. The number of aromatic amines is 1. The second kappa shape index (κ2) is 7.72. The number of rotatable bonds is 4. The lowest BCUT2D eigenvalue weighted by molar-refractivity contribution is -0.132. The Labute approximate surface area is 152 Å². The van der Waals surface area contributed by atoms with E-state index in [0.717, 1.165) is 17.0 Å². The van der Waals surface area contributed by atoms with E-state index in [1.54, 1.807) is 15.9 Å². The van der Waals surface area contributed by atoms with Gasteiger partial charge in [-0.05, 0) is 44.0 Å². The van der Waals surface area contributed by atoms with Gasteiger partial charge >= 0.3 is 0 Å². The lowest BCUT2D eigenvalue weighted by Crippen LogP contribution is -2.50. The number of nitrogens with one attached hydrogen (secondary N) is 1. The number of halogens is 1. The summed E-state index contributed by atoms with van der Waals surface area (Å²) in [6.45, 7) is 5.97. The van der Waals surface area contributed by atoms with E-state index in [1.165, 1.54) is 12.1 Å². The van der Waals surface area contributed by atoms with Crippen molar-refractivity contribution in [2.75, 3.05) is 26.2 Å². The van der Waals surface area contributed by atoms with Crippen molar-refractivity contribution in [3.63, 3.8) is 0 Å². The number of nitrogens with zero attached hydrogens (tertiary/aromatic N) is 2. The summed E-state index contributed by atoms with van der Waals surface area (Å²) in [5, 5.41) is 0. The SMILES string of the molecule is Cc1cc(C(=O)N2CCN(C(=O)CCc3cccc(F)c3)CC2)c(C)[nH]1. The summed E-state index contributed by atoms with van der Waals surface area (Å²) in [4.78, 5) is 31.7. The van der Waals surface area contributed by atoms with Gasteiger partial charge in [-0.2, -0.15) is 0 Å². The molecular formula is C20H24FN3O2. The smallest absolute Gasteiger partial charge is 0.255 e. The van der Waals surface area contributed by atoms with Crippen molar-refractivity contribution in [1.29, 1.82) is 0 Å². The molecule has 6 heteroatoms. The van der Waals surface area contributed by atoms with Crippen LogP contribution in [0.1, 0.15) is 33.7 Å². The topological polar surface area (TPSA) is 56.4 Å². The van der Waals surface area contributed by atoms with E-state index in [-0.39, 0.29) is 17.6 Å². The monoisotopic (exact) mass is 357 g/mol. The van der Waals surface area contributed by atoms with Gasteiger partial charge in [0.1, 0.15) is 5.82 Å². The van der Waals surface area contributed by atoms with Gasteiger partial charge < -0.3 is 14.8 Å². The number of benzene rings is 1. The summed E-state index contributed by atoms with van der Waals surface area (Å²) < 4.78 is 13.2. The van der Waals surface area contributed by atoms with Crippen LogP contribution in [-0.2, 0) is 11.2 Å². The molecule has 5 nitrogen and oxygen atoms in total. The van der Waals surface area contributed by atoms with Crippen LogP contribution in [0.4, 0.5) is 4.39 Å². The standard InChI is InChI=1S/C20H24FN3O2/c1-14-12-18(15(2)22-14)20(26)24-10-8-23(9-11-24)19(25)7-6-16-4-3-5-17(21)13-16/h3-5,12-13,22H,6-11H2,1-2H3. The molecule has 0 aliphatic carbocycles. The molecular weight excluding hydrogens is 333 g/mol. The molecule has 2 aromatic rings. The normalized spacial score (nSPS) is 14.6. The van der Waals surface area contributed by atoms with E-state index in [4.69, 9.17) is 0 Å². The Kier molecular flexibility index (Phi) is 5.40. The Morgan fingerprint density at radius 1 is 1.08 bits per heavy atom. The number of piperazine rings is 1. The summed E-state index contributed by atoms with van der Waals surface area (Å²) >= 11 is 0. The Balaban J connectivity index is 1.50. The molecule has 1 fully saturated rings. The summed E-state index contributed by atoms with van der Waals surface area (Å²) in [6.07, 6.45) is 0.880. The maximum absolute atomic E-state index is 13.2. The van der Waals surface area contributed by atoms with Gasteiger partial charge in [0, 0.05) is 44.0 Å². The van der Waals surface area contributed by atoms with Crippen LogP contribution in [-0.4, -0.2) is 52.8 Å². The van der Waals surface area contributed by atoms with Crippen molar-refractivity contribution in [3.05, 3.63) is 58.7 Å². The number of aryl methyl sites for hydroxylation is 3. The van der Waals surface area contributed by atoms with Gasteiger partial charge in [-0.3, -0.25) is 9.59 Å². The highest BCUT2D eigenvalue weighted by Crippen LogP contribution is 2.15. The van der Waals surface area contributed by atoms with Crippen LogP contribution in [0, 0.1) is 19.7 Å². The highest BCUT2D eigenvalue weighted by atomic mass is 19.1. The van der Waals surface area contributed by atoms with E-state index in [2.05, 4.69) is 4.98 Å². The Morgan fingerprint density at radius 3 is 2.38 bits per heavy atom. The minimum absolute atomic E-state index is 0.0127. The van der Waals surface area contributed by atoms with Crippen molar-refractivity contribution in [3.8, 4) is 0 Å². The third-order valence-corrected chi connectivity index (χ3v) is 4.82. The first kappa shape index (κ1) is 18.2. The highest BCUT2D eigenvalue weighted by Gasteiger charge is 2.26. The van der Waals surface area contributed by atoms with Gasteiger partial charge in [-0.1, -0.05) is 12.1 Å². The number of H-pyrrole nitrogens is 1. The van der Waals surface area contributed by atoms with Crippen LogP contribution in [0.5, 0.6) is 0 Å². The Hall–Kier alpha value is -2.63. The average molecular weight is 357 g/mol. The van der Waals surface area contributed by atoms with E-state index >= 15 is 0 Å². The first-order chi connectivity index (χ1) is 12.4. The van der Waals surface area contributed by atoms with Crippen LogP contribution < -0.4 is 0 Å². The molecule has 1 N–H and O–H groups in total. The quantitative estimate of drug-likeness (QED) is 0.915. The Morgan fingerprint density at radius 2 is 1.77 bits per heavy atom. The first-order valence-corrected chi connectivity index (χ1v) is 8.92. The summed E-state index contributed by atoms with van der Waals surface area (Å²) in [5.41, 5.74) is 3.37. The molecule has 1 aromatic heterocycles. The summed E-state index contributed by atoms with van der Waals surface area (Å²) in [5.74, 6) is -0.217. The molecule has 0 saturated carbocycles. The molecule has 0 spiro atoms. The van der Waals surface area contributed by atoms with Gasteiger partial charge in [0.15, 0.2) is 0 Å². The zero-order valence-corrected chi connectivity index (χ0v) is 15.2. The third-order valence-electron chi connectivity index (χ3n) is 4.82. The fourth-order valence-corrected chi connectivity index (χ4v) is 3.38. The molecule has 1 aliphatic rings. The van der Waals surface area contributed by atoms with Crippen LogP contribution in [0.25, 0.3) is 0 Å². The number of aromatic nitrogens is 1. The van der Waals surface area contributed by atoms with Crippen LogP contribution >= 0.6 is 0 Å². The van der Waals surface area contributed by atoms with Crippen molar-refractivity contribution >= 4 is 11.8 Å². The van der Waals surface area contributed by atoms with E-state index in [9.17, 15) is 14.0 Å². The molecule has 1 aromatic carbocycles. The molecule has 0 bridgehead atoms. The number of hydrogen-bond acceptors (Lipinski definition) is 2. The minimum atomic E-state index is -0.280. The predicted molar refractivity (Wildman–Crippen MR) is 97.5 cm³/mol. The third kappa shape index (κ3) is 4.12. The molecule has 0 radical (unpaired) electrons. The molecule has 138 valence electrons. The lowest BCUT2D eigenvalue weighted by atomic mass is 10.1. The summed E-state index contributed by atoms with van der Waals surface area (Å²) in [7, 11) is 0. The zero-order valence-electron chi connectivity index (χ0n) is 15.2. The molecule has 1 aliphatic heterocycles. The van der Waals surface area contributed by atoms with Crippen molar-refractivity contribution in [2.45, 2.75) is 26.7 Å². The highest BCUT2D eigenvalue weighted by molar-refractivity contribution is 5.95. The van der Waals surface area contributed by atoms with Gasteiger partial charge in [0.25, 0.3) is 5.91 Å². The molecule has 2 heterocycles. The van der Waals surface area contributed by atoms with Crippen molar-refractivity contribution in [2.24, 2.45) is 0 Å². The maximum atomic E-state index is 13.2. The van der Waals surface area contributed by atoms with Gasteiger partial charge in [0.05, 0.1) is 5.56 Å². The zero-order chi connectivity index (χ0) is 18.7. The van der Waals surface area contributed by atoms with E-state index in [0.29, 0.717) is 44.6 Å². The van der Waals surface area contributed by atoms with E-state index < -0.39 is 0 Å². The average Bonchev–Trinajstić information content (AvgIpc) is 2.97. The second-order valence-corrected chi connectivity index (χ2v) is 6.79. The van der Waals surface area contributed by atoms with E-state index in [1.807, 2.05) is 26.0 Å². The fraction of sp³-hybridized carbons (Fsp3) is 0.400. The molecule has 0 atom stereocenters. The summed E-state index contributed by atoms with van der Waals surface area (Å²) in [6, 6.07) is 8.22. The van der Waals surface area contributed by atoms with Crippen LogP contribution in [0.15, 0.2) is 30.3 Å². The minimum Gasteiger partial charge on any atom is -0.362 e. The molecule has 0 unspecified atom stereocenters. The lowest BCUT2D eigenvalue weighted by Gasteiger charge is -2.35. The maximum Gasteiger partial charge on any atom is 0.255 e. The number of hydrogen-bond donors (Lipinski definition) is 1. The van der Waals surface area contributed by atoms with Gasteiger partial charge in [0.2, 0.25) is 5.91 Å². The first-order valence-electron chi connectivity index (χ1n) is 8.92. The number of amides is 2.